The minimum Gasteiger partial charge on any atom is -0.444 e. The van der Waals surface area contributed by atoms with Gasteiger partial charge in [0.1, 0.15) is 5.60 Å². The van der Waals surface area contributed by atoms with Gasteiger partial charge in [0.25, 0.3) is 0 Å². The van der Waals surface area contributed by atoms with Crippen molar-refractivity contribution in [2.45, 2.75) is 58.0 Å². The monoisotopic (exact) mass is 594 g/mol. The highest BCUT2D eigenvalue weighted by atomic mass is 19.4. The Bertz CT molecular complexity index is 1390. The van der Waals surface area contributed by atoms with Gasteiger partial charge in [-0.2, -0.15) is 13.2 Å². The lowest BCUT2D eigenvalue weighted by Gasteiger charge is -2.38. The van der Waals surface area contributed by atoms with Crippen LogP contribution in [0.4, 0.5) is 29.3 Å². The average Bonchev–Trinajstić information content (AvgIpc) is 2.98. The van der Waals surface area contributed by atoms with Crippen LogP contribution >= 0.6 is 0 Å². The SMILES string of the molecule is CN(c1ccncc1)c1ccc(CN(C(=O)C=Cc2ccc(C(F)(F)F)cc2)C2CCN(C(=O)OC(C)(C)C)CC2)cc1. The molecule has 1 saturated heterocycles. The second kappa shape index (κ2) is 13.3. The van der Waals surface area contributed by atoms with Gasteiger partial charge in [0, 0.05) is 62.6 Å². The van der Waals surface area contributed by atoms with Gasteiger partial charge >= 0.3 is 12.3 Å². The van der Waals surface area contributed by atoms with E-state index in [9.17, 15) is 22.8 Å². The minimum absolute atomic E-state index is 0.136. The van der Waals surface area contributed by atoms with Crippen LogP contribution in [0.25, 0.3) is 6.08 Å². The fourth-order valence-electron chi connectivity index (χ4n) is 4.86. The van der Waals surface area contributed by atoms with Gasteiger partial charge in [-0.15, -0.1) is 0 Å². The second-order valence-electron chi connectivity index (χ2n) is 11.5. The molecule has 2 amide bonds. The summed E-state index contributed by atoms with van der Waals surface area (Å²) in [5.41, 5.74) is 2.04. The molecule has 1 aromatic heterocycles. The van der Waals surface area contributed by atoms with Crippen molar-refractivity contribution in [3.05, 3.63) is 95.8 Å². The Hall–Kier alpha value is -4.34. The van der Waals surface area contributed by atoms with Crippen LogP contribution in [0, 0.1) is 0 Å². The fraction of sp³-hybridized carbons (Fsp3) is 0.364. The number of alkyl halides is 3. The molecule has 4 rings (SSSR count). The summed E-state index contributed by atoms with van der Waals surface area (Å²) in [6.45, 7) is 6.69. The highest BCUT2D eigenvalue weighted by molar-refractivity contribution is 5.92. The number of halogens is 3. The third-order valence-electron chi connectivity index (χ3n) is 7.22. The molecule has 0 bridgehead atoms. The molecular formula is C33H37F3N4O3. The summed E-state index contributed by atoms with van der Waals surface area (Å²) in [6.07, 6.45) is 2.73. The molecule has 43 heavy (non-hydrogen) atoms. The first-order chi connectivity index (χ1) is 20.3. The first-order valence-electron chi connectivity index (χ1n) is 14.2. The van der Waals surface area contributed by atoms with Crippen molar-refractivity contribution in [2.24, 2.45) is 0 Å². The highest BCUT2D eigenvalue weighted by Crippen LogP contribution is 2.29. The van der Waals surface area contributed by atoms with Gasteiger partial charge < -0.3 is 19.4 Å². The van der Waals surface area contributed by atoms with E-state index >= 15 is 0 Å². The molecule has 0 radical (unpaired) electrons. The van der Waals surface area contributed by atoms with Gasteiger partial charge in [-0.05, 0) is 87.2 Å². The number of benzene rings is 2. The standard InChI is InChI=1S/C33H37F3N4O3/c1-32(2,3)43-31(42)39-21-17-29(18-22-39)40(30(41)14-9-24-5-10-26(11-6-24)33(34,35)36)23-25-7-12-27(13-8-25)38(4)28-15-19-37-20-16-28/h5-16,19-20,29H,17-18,21-23H2,1-4H3. The summed E-state index contributed by atoms with van der Waals surface area (Å²) < 4.78 is 44.4. The minimum atomic E-state index is -4.42. The van der Waals surface area contributed by atoms with Crippen LogP contribution in [0.5, 0.6) is 0 Å². The largest absolute Gasteiger partial charge is 0.444 e. The molecule has 0 spiro atoms. The van der Waals surface area contributed by atoms with Gasteiger partial charge in [0.05, 0.1) is 5.56 Å². The van der Waals surface area contributed by atoms with Gasteiger partial charge in [0.15, 0.2) is 0 Å². The zero-order chi connectivity index (χ0) is 31.2. The van der Waals surface area contributed by atoms with Crippen molar-refractivity contribution in [3.8, 4) is 0 Å². The van der Waals surface area contributed by atoms with Gasteiger partial charge in [-0.1, -0.05) is 24.3 Å². The van der Waals surface area contributed by atoms with Crippen molar-refractivity contribution in [3.63, 3.8) is 0 Å². The van der Waals surface area contributed by atoms with Crippen molar-refractivity contribution < 1.29 is 27.5 Å². The number of hydrogen-bond acceptors (Lipinski definition) is 5. The van der Waals surface area contributed by atoms with Crippen LogP contribution in [-0.4, -0.2) is 58.6 Å². The van der Waals surface area contributed by atoms with E-state index in [2.05, 4.69) is 4.98 Å². The summed E-state index contributed by atoms with van der Waals surface area (Å²) in [7, 11) is 1.96. The molecule has 228 valence electrons. The molecular weight excluding hydrogens is 557 g/mol. The molecule has 3 aromatic rings. The van der Waals surface area contributed by atoms with Crippen molar-refractivity contribution in [2.75, 3.05) is 25.0 Å². The summed E-state index contributed by atoms with van der Waals surface area (Å²) in [5, 5.41) is 0. The Labute approximate surface area is 250 Å². The number of anilines is 2. The smallest absolute Gasteiger partial charge is 0.416 e. The van der Waals surface area contributed by atoms with Gasteiger partial charge in [-0.3, -0.25) is 9.78 Å². The normalized spacial score (nSPS) is 14.5. The van der Waals surface area contributed by atoms with Gasteiger partial charge in [0.2, 0.25) is 5.91 Å². The van der Waals surface area contributed by atoms with Gasteiger partial charge in [-0.25, -0.2) is 4.79 Å². The number of piperidine rings is 1. The lowest BCUT2D eigenvalue weighted by atomic mass is 10.0. The summed E-state index contributed by atoms with van der Waals surface area (Å²) >= 11 is 0. The lowest BCUT2D eigenvalue weighted by molar-refractivity contribution is -0.137. The number of aromatic nitrogens is 1. The number of amides is 2. The Morgan fingerprint density at radius 3 is 2.07 bits per heavy atom. The van der Waals surface area contributed by atoms with Crippen LogP contribution < -0.4 is 4.90 Å². The second-order valence-corrected chi connectivity index (χ2v) is 11.5. The molecule has 0 N–H and O–H groups in total. The number of carbonyl (C=O) groups is 2. The molecule has 0 atom stereocenters. The number of rotatable bonds is 7. The van der Waals surface area contributed by atoms with E-state index in [-0.39, 0.29) is 18.0 Å². The van der Waals surface area contributed by atoms with E-state index in [0.29, 0.717) is 38.0 Å². The molecule has 1 fully saturated rings. The predicted molar refractivity (Wildman–Crippen MR) is 161 cm³/mol. The maximum Gasteiger partial charge on any atom is 0.416 e. The molecule has 7 nitrogen and oxygen atoms in total. The maximum atomic E-state index is 13.5. The van der Waals surface area contributed by atoms with E-state index in [1.54, 1.807) is 22.2 Å². The molecule has 0 saturated carbocycles. The fourth-order valence-corrected chi connectivity index (χ4v) is 4.86. The van der Waals surface area contributed by atoms with E-state index in [1.807, 2.05) is 69.1 Å². The molecule has 2 heterocycles. The van der Waals surface area contributed by atoms with E-state index in [4.69, 9.17) is 4.74 Å². The van der Waals surface area contributed by atoms with Crippen LogP contribution in [0.3, 0.4) is 0 Å². The molecule has 1 aliphatic rings. The highest BCUT2D eigenvalue weighted by Gasteiger charge is 2.32. The number of hydrogen-bond donors (Lipinski definition) is 0. The van der Waals surface area contributed by atoms with Crippen LogP contribution in [0.2, 0.25) is 0 Å². The lowest BCUT2D eigenvalue weighted by Crippen LogP contribution is -2.49. The summed E-state index contributed by atoms with van der Waals surface area (Å²) in [5.74, 6) is -0.256. The number of pyridine rings is 1. The number of ether oxygens (including phenoxy) is 1. The Morgan fingerprint density at radius 1 is 0.930 bits per heavy atom. The maximum absolute atomic E-state index is 13.5. The van der Waals surface area contributed by atoms with E-state index in [0.717, 1.165) is 29.1 Å². The first kappa shape index (κ1) is 31.6. The third kappa shape index (κ3) is 8.83. The summed E-state index contributed by atoms with van der Waals surface area (Å²) in [6, 6.07) is 16.3. The Balaban J connectivity index is 1.50. The number of likely N-dealkylation sites (tertiary alicyclic amines) is 1. The summed E-state index contributed by atoms with van der Waals surface area (Å²) in [4.78, 5) is 35.7. The zero-order valence-electron chi connectivity index (χ0n) is 24.8. The van der Waals surface area contributed by atoms with E-state index in [1.165, 1.54) is 24.3 Å². The molecule has 2 aromatic carbocycles. The first-order valence-corrected chi connectivity index (χ1v) is 14.2. The molecule has 0 unspecified atom stereocenters. The van der Waals surface area contributed by atoms with Crippen LogP contribution in [0.15, 0.2) is 79.1 Å². The zero-order valence-corrected chi connectivity index (χ0v) is 24.8. The average molecular weight is 595 g/mol. The number of carbonyl (C=O) groups excluding carboxylic acids is 2. The third-order valence-corrected chi connectivity index (χ3v) is 7.22. The Kier molecular flexibility index (Phi) is 9.78. The van der Waals surface area contributed by atoms with Crippen LogP contribution in [0.1, 0.15) is 50.3 Å². The topological polar surface area (TPSA) is 66.0 Å². The van der Waals surface area contributed by atoms with Crippen molar-refractivity contribution >= 4 is 29.5 Å². The predicted octanol–water partition coefficient (Wildman–Crippen LogP) is 7.31. The number of nitrogens with zero attached hydrogens (tertiary/aromatic N) is 4. The van der Waals surface area contributed by atoms with Crippen molar-refractivity contribution in [1.82, 2.24) is 14.8 Å². The molecule has 10 heteroatoms. The quantitative estimate of drug-likeness (QED) is 0.269. The van der Waals surface area contributed by atoms with Crippen LogP contribution in [-0.2, 0) is 22.3 Å². The molecule has 0 aliphatic carbocycles. The Morgan fingerprint density at radius 2 is 1.51 bits per heavy atom. The molecule has 1 aliphatic heterocycles. The van der Waals surface area contributed by atoms with E-state index < -0.39 is 17.3 Å². The van der Waals surface area contributed by atoms with Crippen molar-refractivity contribution in [1.29, 1.82) is 0 Å².